The molecular formula is C22H34O3. The lowest BCUT2D eigenvalue weighted by Crippen LogP contribution is -2.25. The maximum Gasteiger partial charge on any atom is 0.340 e. The summed E-state index contributed by atoms with van der Waals surface area (Å²) in [6.45, 7) is 9.87. The SMILES string of the molecule is CCCCC(c1ccc(C(=O)OC2CCCCO2)cc1)C(C)(C)CC. The largest absolute Gasteiger partial charge is 0.432 e. The third-order valence-corrected chi connectivity index (χ3v) is 5.63. The number of carbonyl (C=O) groups is 1. The van der Waals surface area contributed by atoms with E-state index in [1.165, 1.54) is 24.8 Å². The van der Waals surface area contributed by atoms with Gasteiger partial charge in [0.05, 0.1) is 12.2 Å². The molecule has 0 aliphatic carbocycles. The summed E-state index contributed by atoms with van der Waals surface area (Å²) in [5, 5.41) is 0. The monoisotopic (exact) mass is 346 g/mol. The van der Waals surface area contributed by atoms with Crippen LogP contribution in [0.15, 0.2) is 24.3 Å². The minimum atomic E-state index is -0.378. The summed E-state index contributed by atoms with van der Waals surface area (Å²) in [6.07, 6.45) is 7.31. The van der Waals surface area contributed by atoms with E-state index in [1.807, 2.05) is 12.1 Å². The second kappa shape index (κ2) is 9.38. The van der Waals surface area contributed by atoms with Crippen LogP contribution >= 0.6 is 0 Å². The number of esters is 1. The fourth-order valence-electron chi connectivity index (χ4n) is 3.51. The van der Waals surface area contributed by atoms with E-state index in [0.717, 1.165) is 25.7 Å². The van der Waals surface area contributed by atoms with Gasteiger partial charge in [0.2, 0.25) is 6.29 Å². The highest BCUT2D eigenvalue weighted by molar-refractivity contribution is 5.89. The molecule has 1 aliphatic rings. The summed E-state index contributed by atoms with van der Waals surface area (Å²) in [7, 11) is 0. The van der Waals surface area contributed by atoms with Crippen LogP contribution < -0.4 is 0 Å². The summed E-state index contributed by atoms with van der Waals surface area (Å²) in [5.41, 5.74) is 2.19. The Labute approximate surface area is 153 Å². The third-order valence-electron chi connectivity index (χ3n) is 5.63. The molecule has 1 aliphatic heterocycles. The Hall–Kier alpha value is -1.35. The zero-order valence-corrected chi connectivity index (χ0v) is 16.3. The quantitative estimate of drug-likeness (QED) is 0.535. The molecule has 3 heteroatoms. The standard InChI is InChI=1S/C22H34O3/c1-5-7-10-19(22(3,4)6-2)17-12-14-18(15-13-17)21(23)25-20-11-8-9-16-24-20/h12-15,19-20H,5-11,16H2,1-4H3. The number of benzene rings is 1. The van der Waals surface area contributed by atoms with Gasteiger partial charge >= 0.3 is 5.97 Å². The Bertz CT molecular complexity index is 527. The van der Waals surface area contributed by atoms with E-state index in [4.69, 9.17) is 9.47 Å². The third kappa shape index (κ3) is 5.57. The van der Waals surface area contributed by atoms with E-state index in [0.29, 0.717) is 18.1 Å². The van der Waals surface area contributed by atoms with E-state index >= 15 is 0 Å². The van der Waals surface area contributed by atoms with Gasteiger partial charge in [-0.15, -0.1) is 0 Å². The van der Waals surface area contributed by atoms with Crippen LogP contribution in [0.4, 0.5) is 0 Å². The molecule has 0 N–H and O–H groups in total. The molecule has 140 valence electrons. The van der Waals surface area contributed by atoms with Crippen LogP contribution in [0.1, 0.15) is 94.5 Å². The average Bonchev–Trinajstić information content (AvgIpc) is 2.63. The van der Waals surface area contributed by atoms with Crippen molar-refractivity contribution in [1.82, 2.24) is 0 Å². The van der Waals surface area contributed by atoms with Crippen molar-refractivity contribution >= 4 is 5.97 Å². The van der Waals surface area contributed by atoms with Crippen molar-refractivity contribution in [3.8, 4) is 0 Å². The van der Waals surface area contributed by atoms with E-state index < -0.39 is 0 Å². The van der Waals surface area contributed by atoms with E-state index in [-0.39, 0.29) is 17.7 Å². The Balaban J connectivity index is 2.06. The molecular weight excluding hydrogens is 312 g/mol. The lowest BCUT2D eigenvalue weighted by molar-refractivity contribution is -0.130. The van der Waals surface area contributed by atoms with Gasteiger partial charge in [0.1, 0.15) is 0 Å². The van der Waals surface area contributed by atoms with Crippen molar-refractivity contribution in [2.75, 3.05) is 6.61 Å². The fourth-order valence-corrected chi connectivity index (χ4v) is 3.51. The molecule has 1 aromatic rings. The van der Waals surface area contributed by atoms with Crippen molar-refractivity contribution in [2.24, 2.45) is 5.41 Å². The normalized spacial score (nSPS) is 19.4. The van der Waals surface area contributed by atoms with Crippen LogP contribution in [-0.2, 0) is 9.47 Å². The average molecular weight is 347 g/mol. The zero-order valence-electron chi connectivity index (χ0n) is 16.3. The first-order valence-corrected chi connectivity index (χ1v) is 9.90. The summed E-state index contributed by atoms with van der Waals surface area (Å²) in [4.78, 5) is 12.3. The van der Waals surface area contributed by atoms with E-state index in [2.05, 4.69) is 39.8 Å². The first-order valence-electron chi connectivity index (χ1n) is 9.90. The van der Waals surface area contributed by atoms with Gasteiger partial charge in [-0.3, -0.25) is 0 Å². The number of ether oxygens (including phenoxy) is 2. The van der Waals surface area contributed by atoms with Crippen molar-refractivity contribution < 1.29 is 14.3 Å². The molecule has 2 rings (SSSR count). The maximum atomic E-state index is 12.3. The first-order chi connectivity index (χ1) is 12.0. The molecule has 3 nitrogen and oxygen atoms in total. The summed E-state index contributed by atoms with van der Waals surface area (Å²) < 4.78 is 11.0. The smallest absolute Gasteiger partial charge is 0.340 e. The molecule has 1 aromatic carbocycles. The topological polar surface area (TPSA) is 35.5 Å². The first kappa shape index (κ1) is 20.0. The van der Waals surface area contributed by atoms with Gasteiger partial charge in [-0.2, -0.15) is 0 Å². The van der Waals surface area contributed by atoms with Crippen LogP contribution in [0.5, 0.6) is 0 Å². The highest BCUT2D eigenvalue weighted by Gasteiger charge is 2.29. The highest BCUT2D eigenvalue weighted by Crippen LogP contribution is 2.41. The lowest BCUT2D eigenvalue weighted by Gasteiger charge is -2.34. The Morgan fingerprint density at radius 1 is 1.24 bits per heavy atom. The number of hydrogen-bond donors (Lipinski definition) is 0. The minimum Gasteiger partial charge on any atom is -0.432 e. The van der Waals surface area contributed by atoms with Gasteiger partial charge in [0.15, 0.2) is 0 Å². The molecule has 25 heavy (non-hydrogen) atoms. The van der Waals surface area contributed by atoms with Crippen molar-refractivity contribution in [1.29, 1.82) is 0 Å². The number of rotatable bonds is 8. The maximum absolute atomic E-state index is 12.3. The molecule has 0 aromatic heterocycles. The van der Waals surface area contributed by atoms with Gasteiger partial charge in [0.25, 0.3) is 0 Å². The molecule has 2 unspecified atom stereocenters. The zero-order chi connectivity index (χ0) is 18.3. The predicted molar refractivity (Wildman–Crippen MR) is 102 cm³/mol. The van der Waals surface area contributed by atoms with Crippen molar-refractivity contribution in [2.45, 2.75) is 84.8 Å². The predicted octanol–water partition coefficient (Wildman–Crippen LogP) is 6.08. The molecule has 0 radical (unpaired) electrons. The molecule has 1 heterocycles. The van der Waals surface area contributed by atoms with Gasteiger partial charge in [-0.1, -0.05) is 59.1 Å². The molecule has 0 spiro atoms. The number of hydrogen-bond acceptors (Lipinski definition) is 3. The Kier molecular flexibility index (Phi) is 7.49. The van der Waals surface area contributed by atoms with Crippen LogP contribution in [0.2, 0.25) is 0 Å². The van der Waals surface area contributed by atoms with Gasteiger partial charge in [-0.25, -0.2) is 4.79 Å². The van der Waals surface area contributed by atoms with Crippen molar-refractivity contribution in [3.63, 3.8) is 0 Å². The summed E-state index contributed by atoms with van der Waals surface area (Å²) >= 11 is 0. The summed E-state index contributed by atoms with van der Waals surface area (Å²) in [6, 6.07) is 8.03. The summed E-state index contributed by atoms with van der Waals surface area (Å²) in [5.74, 6) is 0.238. The molecule has 2 atom stereocenters. The van der Waals surface area contributed by atoms with Gasteiger partial charge in [0, 0.05) is 6.42 Å². The Morgan fingerprint density at radius 2 is 1.96 bits per heavy atom. The molecule has 1 saturated heterocycles. The number of carbonyl (C=O) groups excluding carboxylic acids is 1. The van der Waals surface area contributed by atoms with E-state index in [9.17, 15) is 4.79 Å². The lowest BCUT2D eigenvalue weighted by atomic mass is 9.71. The van der Waals surface area contributed by atoms with Gasteiger partial charge < -0.3 is 9.47 Å². The second-order valence-electron chi connectivity index (χ2n) is 7.86. The van der Waals surface area contributed by atoms with E-state index in [1.54, 1.807) is 0 Å². The number of unbranched alkanes of at least 4 members (excludes halogenated alkanes) is 1. The molecule has 1 fully saturated rings. The molecule has 0 bridgehead atoms. The van der Waals surface area contributed by atoms with Gasteiger partial charge in [-0.05, 0) is 48.3 Å². The minimum absolute atomic E-state index is 0.257. The van der Waals surface area contributed by atoms with Crippen LogP contribution in [-0.4, -0.2) is 18.9 Å². The van der Waals surface area contributed by atoms with Crippen LogP contribution in [0.3, 0.4) is 0 Å². The second-order valence-corrected chi connectivity index (χ2v) is 7.86. The van der Waals surface area contributed by atoms with Crippen LogP contribution in [0, 0.1) is 5.41 Å². The molecule has 0 amide bonds. The Morgan fingerprint density at radius 3 is 2.52 bits per heavy atom. The van der Waals surface area contributed by atoms with Crippen molar-refractivity contribution in [3.05, 3.63) is 35.4 Å². The van der Waals surface area contributed by atoms with Crippen LogP contribution in [0.25, 0.3) is 0 Å². The highest BCUT2D eigenvalue weighted by atomic mass is 16.7. The molecule has 0 saturated carbocycles. The fraction of sp³-hybridized carbons (Fsp3) is 0.682.